The van der Waals surface area contributed by atoms with Gasteiger partial charge in [-0.25, -0.2) is 8.78 Å². The lowest BCUT2D eigenvalue weighted by molar-refractivity contribution is 0.102. The normalized spacial score (nSPS) is 13.1. The zero-order valence-electron chi connectivity index (χ0n) is 9.69. The summed E-state index contributed by atoms with van der Waals surface area (Å²) in [4.78, 5) is 12.0. The molecule has 0 aromatic heterocycles. The Morgan fingerprint density at radius 3 is 2.63 bits per heavy atom. The minimum Gasteiger partial charge on any atom is -0.454 e. The van der Waals surface area contributed by atoms with Crippen molar-refractivity contribution in [3.8, 4) is 11.5 Å². The monoisotopic (exact) mass is 261 g/mol. The zero-order chi connectivity index (χ0) is 13.4. The Labute approximate surface area is 107 Å². The molecule has 0 spiro atoms. The quantitative estimate of drug-likeness (QED) is 0.843. The molecule has 0 unspecified atom stereocenters. The number of halogens is 2. The summed E-state index contributed by atoms with van der Waals surface area (Å²) in [7, 11) is 0. The number of benzene rings is 2. The highest BCUT2D eigenvalue weighted by Gasteiger charge is 2.22. The minimum absolute atomic E-state index is 0.106. The molecule has 19 heavy (non-hydrogen) atoms. The molecule has 1 aliphatic rings. The maximum atomic E-state index is 12.7. The van der Waals surface area contributed by atoms with Gasteiger partial charge in [0.25, 0.3) is 12.3 Å². The number of carbonyl (C=O) groups excluding carboxylic acids is 1. The number of hydrogen-bond acceptors (Lipinski definition) is 2. The average molecular weight is 261 g/mol. The van der Waals surface area contributed by atoms with Gasteiger partial charge in [-0.2, -0.15) is 0 Å². The number of fused-ring (bicyclic) bond motifs is 2. The van der Waals surface area contributed by atoms with Crippen molar-refractivity contribution >= 4 is 11.6 Å². The van der Waals surface area contributed by atoms with E-state index in [-0.39, 0.29) is 16.9 Å². The van der Waals surface area contributed by atoms with Gasteiger partial charge in [0.15, 0.2) is 5.75 Å². The maximum Gasteiger partial charge on any atom is 0.263 e. The number of ether oxygens (including phenoxy) is 1. The summed E-state index contributed by atoms with van der Waals surface area (Å²) >= 11 is 0. The van der Waals surface area contributed by atoms with Crippen LogP contribution in [-0.4, -0.2) is 5.91 Å². The molecule has 2 aromatic carbocycles. The van der Waals surface area contributed by atoms with E-state index < -0.39 is 12.3 Å². The van der Waals surface area contributed by atoms with Crippen molar-refractivity contribution in [3.63, 3.8) is 0 Å². The third-order valence-corrected chi connectivity index (χ3v) is 2.86. The van der Waals surface area contributed by atoms with Gasteiger partial charge in [0.05, 0.1) is 11.3 Å². The van der Waals surface area contributed by atoms with Crippen LogP contribution in [0.1, 0.15) is 22.3 Å². The molecule has 1 N–H and O–H groups in total. The van der Waals surface area contributed by atoms with E-state index in [1.54, 1.807) is 24.3 Å². The Balaban J connectivity index is 2.11. The first-order valence-corrected chi connectivity index (χ1v) is 5.65. The van der Waals surface area contributed by atoms with Crippen LogP contribution in [0, 0.1) is 0 Å². The van der Waals surface area contributed by atoms with Gasteiger partial charge < -0.3 is 10.1 Å². The van der Waals surface area contributed by atoms with Crippen LogP contribution in [-0.2, 0) is 0 Å². The van der Waals surface area contributed by atoms with Gasteiger partial charge in [0.1, 0.15) is 5.75 Å². The van der Waals surface area contributed by atoms with Crippen molar-refractivity contribution < 1.29 is 18.3 Å². The van der Waals surface area contributed by atoms with Crippen molar-refractivity contribution in [2.75, 3.05) is 5.32 Å². The molecule has 1 heterocycles. The fourth-order valence-corrected chi connectivity index (χ4v) is 1.92. The molecular formula is C14H9F2NO2. The maximum absolute atomic E-state index is 12.7. The molecule has 0 atom stereocenters. The fraction of sp³-hybridized carbons (Fsp3) is 0.0714. The Morgan fingerprint density at radius 1 is 1.05 bits per heavy atom. The smallest absolute Gasteiger partial charge is 0.263 e. The highest BCUT2D eigenvalue weighted by Crippen LogP contribution is 2.36. The van der Waals surface area contributed by atoms with Crippen molar-refractivity contribution in [1.29, 1.82) is 0 Å². The predicted octanol–water partition coefficient (Wildman–Crippen LogP) is 3.98. The van der Waals surface area contributed by atoms with Gasteiger partial charge >= 0.3 is 0 Å². The van der Waals surface area contributed by atoms with Crippen molar-refractivity contribution in [2.24, 2.45) is 0 Å². The molecular weight excluding hydrogens is 252 g/mol. The summed E-state index contributed by atoms with van der Waals surface area (Å²) in [5.41, 5.74) is 0.416. The molecule has 96 valence electrons. The first-order valence-electron chi connectivity index (χ1n) is 5.65. The second kappa shape index (κ2) is 4.35. The molecule has 5 heteroatoms. The van der Waals surface area contributed by atoms with Crippen molar-refractivity contribution in [3.05, 3.63) is 53.6 Å². The van der Waals surface area contributed by atoms with Crippen molar-refractivity contribution in [2.45, 2.75) is 6.43 Å². The molecule has 0 saturated carbocycles. The van der Waals surface area contributed by atoms with Gasteiger partial charge in [-0.1, -0.05) is 12.1 Å². The van der Waals surface area contributed by atoms with Crippen LogP contribution in [0.5, 0.6) is 11.5 Å². The topological polar surface area (TPSA) is 38.3 Å². The Hall–Kier alpha value is -2.43. The van der Waals surface area contributed by atoms with E-state index in [9.17, 15) is 13.6 Å². The van der Waals surface area contributed by atoms with E-state index in [1.807, 2.05) is 0 Å². The number of rotatable bonds is 1. The summed E-state index contributed by atoms with van der Waals surface area (Å²) in [5.74, 6) is 0.300. The molecule has 1 amide bonds. The highest BCUT2D eigenvalue weighted by molar-refractivity contribution is 6.08. The summed E-state index contributed by atoms with van der Waals surface area (Å²) in [5, 5.41) is 2.64. The second-order valence-corrected chi connectivity index (χ2v) is 4.11. The minimum atomic E-state index is -2.62. The lowest BCUT2D eigenvalue weighted by atomic mass is 10.1. The fourth-order valence-electron chi connectivity index (χ4n) is 1.92. The number of anilines is 1. The van der Waals surface area contributed by atoms with E-state index >= 15 is 0 Å². The van der Waals surface area contributed by atoms with Gasteiger partial charge in [-0.3, -0.25) is 4.79 Å². The molecule has 0 aliphatic carbocycles. The Kier molecular flexibility index (Phi) is 2.67. The van der Waals surface area contributed by atoms with E-state index in [0.717, 1.165) is 6.07 Å². The van der Waals surface area contributed by atoms with Crippen LogP contribution < -0.4 is 10.1 Å². The van der Waals surface area contributed by atoms with Gasteiger partial charge in [0, 0.05) is 5.56 Å². The molecule has 3 nitrogen and oxygen atoms in total. The van der Waals surface area contributed by atoms with Crippen LogP contribution in [0.15, 0.2) is 42.5 Å². The van der Waals surface area contributed by atoms with Crippen LogP contribution in [0.4, 0.5) is 14.5 Å². The van der Waals surface area contributed by atoms with Crippen LogP contribution >= 0.6 is 0 Å². The van der Waals surface area contributed by atoms with Crippen LogP contribution in [0.3, 0.4) is 0 Å². The number of alkyl halides is 2. The lowest BCUT2D eigenvalue weighted by Crippen LogP contribution is -2.10. The van der Waals surface area contributed by atoms with Crippen LogP contribution in [0.2, 0.25) is 0 Å². The lowest BCUT2D eigenvalue weighted by Gasteiger charge is -2.08. The third-order valence-electron chi connectivity index (χ3n) is 2.86. The van der Waals surface area contributed by atoms with Gasteiger partial charge in [-0.15, -0.1) is 0 Å². The summed E-state index contributed by atoms with van der Waals surface area (Å²) in [6, 6.07) is 10.7. The molecule has 0 bridgehead atoms. The average Bonchev–Trinajstić information content (AvgIpc) is 2.54. The highest BCUT2D eigenvalue weighted by atomic mass is 19.3. The predicted molar refractivity (Wildman–Crippen MR) is 65.9 cm³/mol. The van der Waals surface area contributed by atoms with Crippen molar-refractivity contribution in [1.82, 2.24) is 0 Å². The Bertz CT molecular complexity index is 656. The summed E-state index contributed by atoms with van der Waals surface area (Å²) in [6.45, 7) is 0. The molecule has 3 rings (SSSR count). The van der Waals surface area contributed by atoms with E-state index in [1.165, 1.54) is 12.1 Å². The van der Waals surface area contributed by atoms with E-state index in [4.69, 9.17) is 4.74 Å². The SMILES string of the molecule is O=C1Nc2ccccc2Oc2ccc(C(F)F)cc21. The molecule has 2 aromatic rings. The van der Waals surface area contributed by atoms with Gasteiger partial charge in [-0.05, 0) is 30.3 Å². The number of para-hydroxylation sites is 2. The zero-order valence-corrected chi connectivity index (χ0v) is 9.69. The third kappa shape index (κ3) is 2.03. The standard InChI is InChI=1S/C14H9F2NO2/c15-13(16)8-5-6-11-9(7-8)14(18)17-10-3-1-2-4-12(10)19-11/h1-7,13H,(H,17,18). The number of hydrogen-bond donors (Lipinski definition) is 1. The summed E-state index contributed by atoms with van der Waals surface area (Å²) < 4.78 is 30.9. The Morgan fingerprint density at radius 2 is 1.84 bits per heavy atom. The van der Waals surface area contributed by atoms with Gasteiger partial charge in [0.2, 0.25) is 0 Å². The second-order valence-electron chi connectivity index (χ2n) is 4.11. The first kappa shape index (κ1) is 11.6. The first-order chi connectivity index (χ1) is 9.15. The molecule has 0 radical (unpaired) electrons. The largest absolute Gasteiger partial charge is 0.454 e. The van der Waals surface area contributed by atoms with Crippen LogP contribution in [0.25, 0.3) is 0 Å². The van der Waals surface area contributed by atoms with E-state index in [2.05, 4.69) is 5.32 Å². The molecule has 0 fully saturated rings. The summed E-state index contributed by atoms with van der Waals surface area (Å²) in [6.07, 6.45) is -2.62. The number of amides is 1. The number of nitrogens with one attached hydrogen (secondary N) is 1. The van der Waals surface area contributed by atoms with E-state index in [0.29, 0.717) is 11.4 Å². The molecule has 0 saturated heterocycles. The molecule has 1 aliphatic heterocycles. The number of carbonyl (C=O) groups is 1.